The summed E-state index contributed by atoms with van der Waals surface area (Å²) in [4.78, 5) is 25.2. The smallest absolute Gasteiger partial charge is 0.394 e. The number of halogens is 3. The molecule has 0 unspecified atom stereocenters. The summed E-state index contributed by atoms with van der Waals surface area (Å²) < 4.78 is 51.5. The molecule has 10 heteroatoms. The van der Waals surface area contributed by atoms with Crippen molar-refractivity contribution in [2.24, 2.45) is 0 Å². The number of nitrogens with zero attached hydrogens (tertiary/aromatic N) is 1. The molecule has 3 atom stereocenters. The highest BCUT2D eigenvalue weighted by atomic mass is 19.4. The van der Waals surface area contributed by atoms with Gasteiger partial charge in [0.15, 0.2) is 0 Å². The van der Waals surface area contributed by atoms with Crippen LogP contribution in [-0.4, -0.2) is 33.5 Å². The number of hydrogen-bond acceptors (Lipinski definition) is 5. The van der Waals surface area contributed by atoms with E-state index >= 15 is 0 Å². The molecule has 7 nitrogen and oxygen atoms in total. The second kappa shape index (κ2) is 7.77. The summed E-state index contributed by atoms with van der Waals surface area (Å²) >= 11 is 0. The molecule has 29 heavy (non-hydrogen) atoms. The highest BCUT2D eigenvalue weighted by Gasteiger charge is 2.42. The second-order valence-electron chi connectivity index (χ2n) is 7.29. The lowest BCUT2D eigenvalue weighted by molar-refractivity contribution is -0.139. The van der Waals surface area contributed by atoms with E-state index in [2.05, 4.69) is 0 Å². The Labute approximate surface area is 163 Å². The first kappa shape index (κ1) is 21.3. The van der Waals surface area contributed by atoms with Gasteiger partial charge in [-0.05, 0) is 19.4 Å². The Balaban J connectivity index is 1.88. The van der Waals surface area contributed by atoms with Gasteiger partial charge in [0.25, 0.3) is 5.56 Å². The molecule has 2 N–H and O–H groups in total. The lowest BCUT2D eigenvalue weighted by Crippen LogP contribution is -2.36. The van der Waals surface area contributed by atoms with Gasteiger partial charge in [0.05, 0.1) is 18.3 Å². The monoisotopic (exact) mass is 414 g/mol. The topological polar surface area (TPSA) is 93.6 Å². The van der Waals surface area contributed by atoms with Crippen molar-refractivity contribution >= 4 is 0 Å². The van der Waals surface area contributed by atoms with Crippen LogP contribution in [0.2, 0.25) is 0 Å². The lowest BCUT2D eigenvalue weighted by atomic mass is 9.97. The standard InChI is InChI=1S/C19H21F3N2O5/c1-18(2,11-6-4-3-5-7-11)29-13-8-15(28-14(13)10-25)24-9-12(19(20,21)22)16(26)23-17(24)27/h3-7,9,13-15,25H,8,10H2,1-2H3,(H,23,26,27)/t13-,14+,15+/m0/s1. The first-order valence-corrected chi connectivity index (χ1v) is 8.95. The van der Waals surface area contributed by atoms with Gasteiger partial charge in [0.2, 0.25) is 0 Å². The molecule has 2 aromatic rings. The third-order valence-electron chi connectivity index (χ3n) is 4.86. The Bertz CT molecular complexity index is 968. The van der Waals surface area contributed by atoms with Crippen LogP contribution in [0.3, 0.4) is 0 Å². The van der Waals surface area contributed by atoms with Gasteiger partial charge in [0.1, 0.15) is 17.9 Å². The summed E-state index contributed by atoms with van der Waals surface area (Å²) in [6.45, 7) is 3.19. The van der Waals surface area contributed by atoms with Crippen molar-refractivity contribution in [3.05, 3.63) is 68.5 Å². The quantitative estimate of drug-likeness (QED) is 0.782. The summed E-state index contributed by atoms with van der Waals surface area (Å²) in [5.74, 6) is 0. The molecule has 0 spiro atoms. The SMILES string of the molecule is CC(C)(O[C@H]1C[C@H](n2cc(C(F)(F)F)c(=O)[nH]c2=O)O[C@@H]1CO)c1ccccc1. The van der Waals surface area contributed by atoms with Crippen LogP contribution < -0.4 is 11.2 Å². The highest BCUT2D eigenvalue weighted by molar-refractivity contribution is 5.21. The van der Waals surface area contributed by atoms with E-state index in [0.717, 1.165) is 5.56 Å². The molecule has 1 fully saturated rings. The molecule has 0 bridgehead atoms. The van der Waals surface area contributed by atoms with Crippen molar-refractivity contribution in [3.63, 3.8) is 0 Å². The van der Waals surface area contributed by atoms with E-state index in [1.54, 1.807) is 4.98 Å². The molecule has 0 saturated carbocycles. The van der Waals surface area contributed by atoms with Crippen LogP contribution in [0.25, 0.3) is 0 Å². The number of aliphatic hydroxyl groups excluding tert-OH is 1. The molecule has 158 valence electrons. The maximum Gasteiger partial charge on any atom is 0.423 e. The zero-order chi connectivity index (χ0) is 21.4. The van der Waals surface area contributed by atoms with Gasteiger partial charge in [-0.25, -0.2) is 4.79 Å². The minimum absolute atomic E-state index is 0.0186. The normalized spacial score (nSPS) is 22.8. The first-order chi connectivity index (χ1) is 13.5. The minimum atomic E-state index is -4.93. The highest BCUT2D eigenvalue weighted by Crippen LogP contribution is 2.36. The van der Waals surface area contributed by atoms with Gasteiger partial charge in [-0.2, -0.15) is 13.2 Å². The van der Waals surface area contributed by atoms with Crippen molar-refractivity contribution in [2.45, 2.75) is 50.5 Å². The molecule has 1 aromatic heterocycles. The Morgan fingerprint density at radius 3 is 2.48 bits per heavy atom. The van der Waals surface area contributed by atoms with Crippen molar-refractivity contribution in [3.8, 4) is 0 Å². The molecule has 3 rings (SSSR count). The Hall–Kier alpha value is -2.43. The predicted octanol–water partition coefficient (Wildman–Crippen LogP) is 2.16. The third kappa shape index (κ3) is 4.44. The number of rotatable bonds is 5. The Kier molecular flexibility index (Phi) is 5.70. The molecule has 1 aromatic carbocycles. The fourth-order valence-electron chi connectivity index (χ4n) is 3.35. The third-order valence-corrected chi connectivity index (χ3v) is 4.86. The maximum absolute atomic E-state index is 13.0. The molecule has 1 saturated heterocycles. The molecule has 1 aliphatic heterocycles. The molecular weight excluding hydrogens is 393 g/mol. The molecule has 0 radical (unpaired) electrons. The van der Waals surface area contributed by atoms with Crippen LogP contribution in [0.1, 0.15) is 37.6 Å². The van der Waals surface area contributed by atoms with Gasteiger partial charge in [-0.1, -0.05) is 30.3 Å². The number of H-pyrrole nitrogens is 1. The number of aromatic amines is 1. The van der Waals surface area contributed by atoms with Gasteiger partial charge >= 0.3 is 11.9 Å². The summed E-state index contributed by atoms with van der Waals surface area (Å²) in [7, 11) is 0. The zero-order valence-electron chi connectivity index (χ0n) is 15.8. The van der Waals surface area contributed by atoms with E-state index < -0.39 is 53.6 Å². The zero-order valence-corrected chi connectivity index (χ0v) is 15.8. The van der Waals surface area contributed by atoms with E-state index in [4.69, 9.17) is 9.47 Å². The van der Waals surface area contributed by atoms with Crippen molar-refractivity contribution < 1.29 is 27.8 Å². The van der Waals surface area contributed by atoms with E-state index in [-0.39, 0.29) is 6.42 Å². The van der Waals surface area contributed by atoms with Crippen LogP contribution in [-0.2, 0) is 21.3 Å². The minimum Gasteiger partial charge on any atom is -0.394 e. The molecular formula is C19H21F3N2O5. The van der Waals surface area contributed by atoms with Crippen molar-refractivity contribution in [2.75, 3.05) is 6.61 Å². The second-order valence-corrected chi connectivity index (χ2v) is 7.29. The fraction of sp³-hybridized carbons (Fsp3) is 0.474. The molecule has 1 aliphatic rings. The number of alkyl halides is 3. The summed E-state index contributed by atoms with van der Waals surface area (Å²) in [5.41, 5.74) is -3.97. The van der Waals surface area contributed by atoms with E-state index in [0.29, 0.717) is 10.8 Å². The maximum atomic E-state index is 13.0. The largest absolute Gasteiger partial charge is 0.423 e. The van der Waals surface area contributed by atoms with Crippen LogP contribution in [0.15, 0.2) is 46.1 Å². The summed E-state index contributed by atoms with van der Waals surface area (Å²) in [6, 6.07) is 9.27. The van der Waals surface area contributed by atoms with Crippen molar-refractivity contribution in [1.29, 1.82) is 0 Å². The first-order valence-electron chi connectivity index (χ1n) is 8.95. The number of hydrogen-bond donors (Lipinski definition) is 2. The number of aromatic nitrogens is 2. The van der Waals surface area contributed by atoms with Crippen LogP contribution >= 0.6 is 0 Å². The number of ether oxygens (including phenoxy) is 2. The fourth-order valence-corrected chi connectivity index (χ4v) is 3.35. The van der Waals surface area contributed by atoms with E-state index in [1.807, 2.05) is 44.2 Å². The average molecular weight is 414 g/mol. The number of aliphatic hydroxyl groups is 1. The van der Waals surface area contributed by atoms with Crippen LogP contribution in [0.4, 0.5) is 13.2 Å². The van der Waals surface area contributed by atoms with E-state index in [9.17, 15) is 27.9 Å². The molecule has 0 amide bonds. The molecule has 0 aliphatic carbocycles. The van der Waals surface area contributed by atoms with Gasteiger partial charge < -0.3 is 14.6 Å². The number of benzene rings is 1. The van der Waals surface area contributed by atoms with Gasteiger partial charge in [-0.15, -0.1) is 0 Å². The van der Waals surface area contributed by atoms with E-state index in [1.165, 1.54) is 0 Å². The summed E-state index contributed by atoms with van der Waals surface area (Å²) in [6.07, 6.45) is -7.14. The number of nitrogens with one attached hydrogen (secondary N) is 1. The summed E-state index contributed by atoms with van der Waals surface area (Å²) in [5, 5.41) is 9.64. The van der Waals surface area contributed by atoms with Crippen molar-refractivity contribution in [1.82, 2.24) is 9.55 Å². The van der Waals surface area contributed by atoms with Crippen LogP contribution in [0, 0.1) is 0 Å². The van der Waals surface area contributed by atoms with Gasteiger partial charge in [0, 0.05) is 12.6 Å². The Morgan fingerprint density at radius 1 is 1.24 bits per heavy atom. The average Bonchev–Trinajstić information content (AvgIpc) is 3.03. The predicted molar refractivity (Wildman–Crippen MR) is 96.3 cm³/mol. The molecule has 2 heterocycles. The lowest BCUT2D eigenvalue weighted by Gasteiger charge is -2.31. The Morgan fingerprint density at radius 2 is 1.90 bits per heavy atom. The van der Waals surface area contributed by atoms with Gasteiger partial charge in [-0.3, -0.25) is 14.3 Å². The van der Waals surface area contributed by atoms with Crippen LogP contribution in [0.5, 0.6) is 0 Å².